The number of fused-ring (bicyclic) bond motifs is 1. The number of hydrogen-bond acceptors (Lipinski definition) is 6. The summed E-state index contributed by atoms with van der Waals surface area (Å²) in [6.07, 6.45) is 3.07. The topological polar surface area (TPSA) is 67.2 Å². The van der Waals surface area contributed by atoms with Gasteiger partial charge in [-0.05, 0) is 13.3 Å². The smallest absolute Gasteiger partial charge is 0.258 e. The van der Waals surface area contributed by atoms with Crippen LogP contribution in [-0.4, -0.2) is 64.5 Å². The summed E-state index contributed by atoms with van der Waals surface area (Å²) < 4.78 is 6.84. The minimum absolute atomic E-state index is 0.0376. The fourth-order valence-corrected chi connectivity index (χ4v) is 3.72. The maximum atomic E-state index is 12.2. The number of carbonyl (C=O) groups is 1. The number of piperazine rings is 1. The highest BCUT2D eigenvalue weighted by molar-refractivity contribution is 7.15. The summed E-state index contributed by atoms with van der Waals surface area (Å²) in [5, 5.41) is 1.86. The van der Waals surface area contributed by atoms with Gasteiger partial charge in [0.15, 0.2) is 4.96 Å². The lowest BCUT2D eigenvalue weighted by atomic mass is 10.2. The summed E-state index contributed by atoms with van der Waals surface area (Å²) in [4.78, 5) is 33.7. The lowest BCUT2D eigenvalue weighted by molar-refractivity contribution is -0.133. The number of carbonyl (C=O) groups excluding carboxylic acids is 1. The minimum Gasteiger partial charge on any atom is -0.382 e. The Kier molecular flexibility index (Phi) is 6.17. The zero-order valence-corrected chi connectivity index (χ0v) is 15.3. The van der Waals surface area contributed by atoms with Gasteiger partial charge in [-0.1, -0.05) is 0 Å². The summed E-state index contributed by atoms with van der Waals surface area (Å²) >= 11 is 1.46. The first-order valence-electron chi connectivity index (χ1n) is 8.71. The van der Waals surface area contributed by atoms with Crippen molar-refractivity contribution in [2.24, 2.45) is 0 Å². The summed E-state index contributed by atoms with van der Waals surface area (Å²) in [5.74, 6) is 0.204. The third-order valence-electron chi connectivity index (χ3n) is 4.35. The minimum atomic E-state index is -0.0376. The highest BCUT2D eigenvalue weighted by atomic mass is 32.1. The third kappa shape index (κ3) is 4.65. The molecule has 25 heavy (non-hydrogen) atoms. The standard InChI is InChI=1S/C17H24N4O3S/c1-2-24-10-3-4-15(22)20-7-5-19(6-8-20)13-14-12-16(23)21-9-11-25-17(21)18-14/h9,11-12H,2-8,10,13H2,1H3. The van der Waals surface area contributed by atoms with Crippen molar-refractivity contribution >= 4 is 22.2 Å². The predicted octanol–water partition coefficient (Wildman–Crippen LogP) is 1.22. The van der Waals surface area contributed by atoms with Crippen LogP contribution in [0.3, 0.4) is 0 Å². The van der Waals surface area contributed by atoms with Crippen LogP contribution < -0.4 is 5.56 Å². The second kappa shape index (κ2) is 8.55. The van der Waals surface area contributed by atoms with E-state index in [0.29, 0.717) is 26.2 Å². The number of thiazole rings is 1. The summed E-state index contributed by atoms with van der Waals surface area (Å²) in [6, 6.07) is 1.60. The van der Waals surface area contributed by atoms with Gasteiger partial charge in [0.25, 0.3) is 5.56 Å². The van der Waals surface area contributed by atoms with Crippen molar-refractivity contribution in [3.05, 3.63) is 33.7 Å². The Bertz CT molecular complexity index is 765. The van der Waals surface area contributed by atoms with Crippen LogP contribution in [0.4, 0.5) is 0 Å². The van der Waals surface area contributed by atoms with Crippen LogP contribution in [-0.2, 0) is 16.1 Å². The van der Waals surface area contributed by atoms with Gasteiger partial charge in [-0.3, -0.25) is 18.9 Å². The van der Waals surface area contributed by atoms with Gasteiger partial charge in [-0.2, -0.15) is 0 Å². The lowest BCUT2D eigenvalue weighted by Crippen LogP contribution is -2.48. The molecule has 0 aliphatic carbocycles. The molecule has 1 saturated heterocycles. The Labute approximate surface area is 150 Å². The van der Waals surface area contributed by atoms with E-state index in [9.17, 15) is 9.59 Å². The first-order valence-corrected chi connectivity index (χ1v) is 9.59. The van der Waals surface area contributed by atoms with E-state index in [1.807, 2.05) is 17.2 Å². The molecule has 1 amide bonds. The zero-order chi connectivity index (χ0) is 17.6. The molecule has 3 heterocycles. The molecule has 1 aliphatic heterocycles. The number of aromatic nitrogens is 2. The molecular weight excluding hydrogens is 340 g/mol. The molecule has 0 radical (unpaired) electrons. The number of nitrogens with zero attached hydrogens (tertiary/aromatic N) is 4. The summed E-state index contributed by atoms with van der Waals surface area (Å²) in [6.45, 7) is 7.03. The van der Waals surface area contributed by atoms with E-state index in [0.717, 1.165) is 43.3 Å². The van der Waals surface area contributed by atoms with Crippen molar-refractivity contribution < 1.29 is 9.53 Å². The summed E-state index contributed by atoms with van der Waals surface area (Å²) in [5.41, 5.74) is 0.758. The van der Waals surface area contributed by atoms with Crippen LogP contribution in [0.5, 0.6) is 0 Å². The van der Waals surface area contributed by atoms with Crippen LogP contribution in [0.2, 0.25) is 0 Å². The lowest BCUT2D eigenvalue weighted by Gasteiger charge is -2.34. The van der Waals surface area contributed by atoms with Gasteiger partial charge in [0.2, 0.25) is 5.91 Å². The van der Waals surface area contributed by atoms with Gasteiger partial charge in [-0.25, -0.2) is 4.98 Å². The molecule has 136 valence electrons. The van der Waals surface area contributed by atoms with Crippen molar-refractivity contribution in [2.45, 2.75) is 26.3 Å². The molecule has 2 aromatic heterocycles. The van der Waals surface area contributed by atoms with Crippen molar-refractivity contribution in [3.8, 4) is 0 Å². The van der Waals surface area contributed by atoms with E-state index >= 15 is 0 Å². The molecule has 3 rings (SSSR count). The van der Waals surface area contributed by atoms with Gasteiger partial charge < -0.3 is 9.64 Å². The van der Waals surface area contributed by atoms with Gasteiger partial charge in [0.05, 0.1) is 5.69 Å². The molecule has 0 unspecified atom stereocenters. The van der Waals surface area contributed by atoms with E-state index in [-0.39, 0.29) is 11.5 Å². The Morgan fingerprint density at radius 2 is 2.12 bits per heavy atom. The number of amides is 1. The molecule has 8 heteroatoms. The first kappa shape index (κ1) is 18.0. The largest absolute Gasteiger partial charge is 0.382 e. The van der Waals surface area contributed by atoms with E-state index < -0.39 is 0 Å². The Morgan fingerprint density at radius 1 is 1.32 bits per heavy atom. The highest BCUT2D eigenvalue weighted by Gasteiger charge is 2.21. The fourth-order valence-electron chi connectivity index (χ4n) is 2.98. The van der Waals surface area contributed by atoms with Crippen LogP contribution in [0, 0.1) is 0 Å². The van der Waals surface area contributed by atoms with Crippen molar-refractivity contribution in [1.82, 2.24) is 19.2 Å². The molecule has 0 spiro atoms. The van der Waals surface area contributed by atoms with Crippen molar-refractivity contribution in [3.63, 3.8) is 0 Å². The monoisotopic (exact) mass is 364 g/mol. The van der Waals surface area contributed by atoms with Crippen molar-refractivity contribution in [2.75, 3.05) is 39.4 Å². The highest BCUT2D eigenvalue weighted by Crippen LogP contribution is 2.11. The number of ether oxygens (including phenoxy) is 1. The molecule has 0 atom stereocenters. The molecule has 2 aromatic rings. The quantitative estimate of drug-likeness (QED) is 0.691. The second-order valence-electron chi connectivity index (χ2n) is 6.10. The van der Waals surface area contributed by atoms with Crippen LogP contribution in [0.25, 0.3) is 4.96 Å². The number of hydrogen-bond donors (Lipinski definition) is 0. The van der Waals surface area contributed by atoms with E-state index in [1.165, 1.54) is 11.3 Å². The molecule has 0 saturated carbocycles. The van der Waals surface area contributed by atoms with E-state index in [1.54, 1.807) is 16.7 Å². The maximum absolute atomic E-state index is 12.2. The van der Waals surface area contributed by atoms with Crippen LogP contribution in [0.1, 0.15) is 25.5 Å². The normalized spacial score (nSPS) is 15.8. The molecule has 1 fully saturated rings. The molecule has 7 nitrogen and oxygen atoms in total. The molecule has 1 aliphatic rings. The first-order chi connectivity index (χ1) is 12.2. The predicted molar refractivity (Wildman–Crippen MR) is 96.9 cm³/mol. The van der Waals surface area contributed by atoms with E-state index in [2.05, 4.69) is 9.88 Å². The van der Waals surface area contributed by atoms with Crippen LogP contribution >= 0.6 is 11.3 Å². The Balaban J connectivity index is 1.48. The van der Waals surface area contributed by atoms with Gasteiger partial charge >= 0.3 is 0 Å². The summed E-state index contributed by atoms with van der Waals surface area (Å²) in [7, 11) is 0. The SMILES string of the molecule is CCOCCCC(=O)N1CCN(Cc2cc(=O)n3ccsc3n2)CC1. The molecule has 0 aromatic carbocycles. The molecule has 0 bridgehead atoms. The molecular formula is C17H24N4O3S. The van der Waals surface area contributed by atoms with E-state index in [4.69, 9.17) is 4.74 Å². The molecule has 0 N–H and O–H groups in total. The average Bonchev–Trinajstić information content (AvgIpc) is 3.08. The average molecular weight is 364 g/mol. The second-order valence-corrected chi connectivity index (χ2v) is 6.97. The maximum Gasteiger partial charge on any atom is 0.258 e. The van der Waals surface area contributed by atoms with Crippen molar-refractivity contribution in [1.29, 1.82) is 0 Å². The fraction of sp³-hybridized carbons (Fsp3) is 0.588. The number of rotatable bonds is 7. The Hall–Kier alpha value is -1.77. The Morgan fingerprint density at radius 3 is 2.88 bits per heavy atom. The van der Waals surface area contributed by atoms with Crippen LogP contribution in [0.15, 0.2) is 22.4 Å². The van der Waals surface area contributed by atoms with Gasteiger partial charge in [-0.15, -0.1) is 11.3 Å². The van der Waals surface area contributed by atoms with Gasteiger partial charge in [0, 0.05) is 70.0 Å². The third-order valence-corrected chi connectivity index (χ3v) is 5.11. The zero-order valence-electron chi connectivity index (χ0n) is 14.5. The van der Waals surface area contributed by atoms with Gasteiger partial charge in [0.1, 0.15) is 0 Å².